The average molecular weight is 352 g/mol. The number of nitrogens with zero attached hydrogens (tertiary/aromatic N) is 1. The number of hydrogen-bond donors (Lipinski definition) is 0. The highest BCUT2D eigenvalue weighted by atomic mass is 35.5. The van der Waals surface area contributed by atoms with E-state index in [0.717, 1.165) is 0 Å². The molecule has 0 saturated carbocycles. The van der Waals surface area contributed by atoms with E-state index >= 15 is 0 Å². The maximum absolute atomic E-state index is 12.9. The zero-order chi connectivity index (χ0) is 16.6. The third kappa shape index (κ3) is 2.80. The van der Waals surface area contributed by atoms with Gasteiger partial charge in [0.1, 0.15) is 5.75 Å². The van der Waals surface area contributed by atoms with Crippen molar-refractivity contribution in [1.82, 2.24) is 0 Å². The van der Waals surface area contributed by atoms with Crippen LogP contribution in [0.2, 0.25) is 5.02 Å². The predicted octanol–water partition coefficient (Wildman–Crippen LogP) is 3.13. The van der Waals surface area contributed by atoms with Gasteiger partial charge in [-0.15, -0.1) is 0 Å². The van der Waals surface area contributed by atoms with Crippen molar-refractivity contribution in [3.8, 4) is 5.75 Å². The number of sulfonamides is 1. The quantitative estimate of drug-likeness (QED) is 0.852. The first-order valence-electron chi connectivity index (χ1n) is 6.93. The molecule has 0 unspecified atom stereocenters. The number of fused-ring (bicyclic) bond motifs is 1. The molecule has 3 rings (SSSR count). The molecular weight excluding hydrogens is 338 g/mol. The lowest BCUT2D eigenvalue weighted by atomic mass is 10.0. The van der Waals surface area contributed by atoms with Crippen molar-refractivity contribution in [2.45, 2.75) is 11.3 Å². The maximum atomic E-state index is 12.9. The van der Waals surface area contributed by atoms with E-state index < -0.39 is 10.0 Å². The van der Waals surface area contributed by atoms with E-state index in [0.29, 0.717) is 22.0 Å². The smallest absolute Gasteiger partial charge is 0.264 e. The molecule has 23 heavy (non-hydrogen) atoms. The Kier molecular flexibility index (Phi) is 4.04. The highest BCUT2D eigenvalue weighted by molar-refractivity contribution is 7.92. The molecule has 0 radical (unpaired) electrons. The van der Waals surface area contributed by atoms with Crippen LogP contribution in [-0.4, -0.2) is 27.9 Å². The molecule has 1 heterocycles. The molecule has 0 bridgehead atoms. The van der Waals surface area contributed by atoms with Gasteiger partial charge < -0.3 is 4.74 Å². The molecule has 120 valence electrons. The highest BCUT2D eigenvalue weighted by Crippen LogP contribution is 2.33. The van der Waals surface area contributed by atoms with Crippen molar-refractivity contribution in [3.05, 3.63) is 53.1 Å². The van der Waals surface area contributed by atoms with Gasteiger partial charge in [-0.05, 0) is 42.5 Å². The number of anilines is 1. The first kappa shape index (κ1) is 15.8. The topological polar surface area (TPSA) is 63.7 Å². The Balaban J connectivity index is 2.07. The fraction of sp³-hybridized carbons (Fsp3) is 0.188. The fourth-order valence-electron chi connectivity index (χ4n) is 2.53. The molecule has 1 aliphatic heterocycles. The zero-order valence-corrected chi connectivity index (χ0v) is 13.9. The molecule has 2 aromatic carbocycles. The fourth-order valence-corrected chi connectivity index (χ4v) is 4.19. The summed E-state index contributed by atoms with van der Waals surface area (Å²) < 4.78 is 32.1. The van der Waals surface area contributed by atoms with Gasteiger partial charge >= 0.3 is 0 Å². The van der Waals surface area contributed by atoms with Gasteiger partial charge in [-0.3, -0.25) is 9.10 Å². The Hall–Kier alpha value is -2.05. The lowest BCUT2D eigenvalue weighted by Crippen LogP contribution is -2.37. The minimum absolute atomic E-state index is 0.108. The van der Waals surface area contributed by atoms with Crippen molar-refractivity contribution < 1.29 is 17.9 Å². The Bertz CT molecular complexity index is 862. The van der Waals surface area contributed by atoms with Crippen LogP contribution in [-0.2, 0) is 10.0 Å². The van der Waals surface area contributed by atoms with E-state index in [4.69, 9.17) is 16.3 Å². The SMILES string of the molecule is COc1ccc(S(=O)(=O)N2CCC(=O)c3cc(Cl)ccc32)cc1. The van der Waals surface area contributed by atoms with E-state index in [1.807, 2.05) is 0 Å². The number of carbonyl (C=O) groups is 1. The van der Waals surface area contributed by atoms with Crippen LogP contribution in [0.15, 0.2) is 47.4 Å². The molecule has 0 N–H and O–H groups in total. The third-order valence-electron chi connectivity index (χ3n) is 3.72. The second kappa shape index (κ2) is 5.86. The minimum atomic E-state index is -3.75. The molecule has 0 spiro atoms. The lowest BCUT2D eigenvalue weighted by Gasteiger charge is -2.29. The number of Topliss-reactive ketones (excluding diaryl/α,β-unsaturated/α-hetero) is 1. The van der Waals surface area contributed by atoms with Crippen molar-refractivity contribution in [1.29, 1.82) is 0 Å². The zero-order valence-electron chi connectivity index (χ0n) is 12.3. The first-order chi connectivity index (χ1) is 10.9. The number of carbonyl (C=O) groups excluding carboxylic acids is 1. The van der Waals surface area contributed by atoms with Gasteiger partial charge in [-0.2, -0.15) is 0 Å². The molecule has 0 saturated heterocycles. The number of ether oxygens (including phenoxy) is 1. The van der Waals surface area contributed by atoms with Gasteiger partial charge in [0.25, 0.3) is 10.0 Å². The standard InChI is InChI=1S/C16H14ClNO4S/c1-22-12-3-5-13(6-4-12)23(20,21)18-9-8-16(19)14-10-11(17)2-7-15(14)18/h2-7,10H,8-9H2,1H3. The molecule has 5 nitrogen and oxygen atoms in total. The van der Waals surface area contributed by atoms with Crippen molar-refractivity contribution >= 4 is 33.1 Å². The number of halogens is 1. The summed E-state index contributed by atoms with van der Waals surface area (Å²) in [5.41, 5.74) is 0.697. The summed E-state index contributed by atoms with van der Waals surface area (Å²) in [5.74, 6) is 0.466. The van der Waals surface area contributed by atoms with Gasteiger partial charge in [0.05, 0.1) is 17.7 Å². The molecule has 0 aliphatic carbocycles. The summed E-state index contributed by atoms with van der Waals surface area (Å²) in [6.07, 6.45) is 0.128. The van der Waals surface area contributed by atoms with Gasteiger partial charge in [-0.25, -0.2) is 8.42 Å². The Labute approximate surface area is 139 Å². The van der Waals surface area contributed by atoms with E-state index in [9.17, 15) is 13.2 Å². The van der Waals surface area contributed by atoms with Crippen molar-refractivity contribution in [3.63, 3.8) is 0 Å². The third-order valence-corrected chi connectivity index (χ3v) is 5.78. The Morgan fingerprint density at radius 1 is 1.13 bits per heavy atom. The molecule has 2 aromatic rings. The van der Waals surface area contributed by atoms with Crippen LogP contribution in [0.5, 0.6) is 5.75 Å². The monoisotopic (exact) mass is 351 g/mol. The molecule has 0 amide bonds. The summed E-state index contributed by atoms with van der Waals surface area (Å²) in [6, 6.07) is 10.8. The van der Waals surface area contributed by atoms with Crippen molar-refractivity contribution in [2.24, 2.45) is 0 Å². The highest BCUT2D eigenvalue weighted by Gasteiger charge is 2.32. The summed E-state index contributed by atoms with van der Waals surface area (Å²) in [5, 5.41) is 0.404. The molecule has 0 fully saturated rings. The Morgan fingerprint density at radius 3 is 2.48 bits per heavy atom. The van der Waals surface area contributed by atoms with Gasteiger partial charge in [-0.1, -0.05) is 11.6 Å². The second-order valence-corrected chi connectivity index (χ2v) is 7.39. The number of rotatable bonds is 3. The van der Waals surface area contributed by atoms with E-state index in [1.54, 1.807) is 24.3 Å². The summed E-state index contributed by atoms with van der Waals surface area (Å²) in [6.45, 7) is 0.113. The van der Waals surface area contributed by atoms with E-state index in [2.05, 4.69) is 0 Å². The van der Waals surface area contributed by atoms with E-state index in [-0.39, 0.29) is 23.6 Å². The average Bonchev–Trinajstić information content (AvgIpc) is 2.55. The molecule has 0 aromatic heterocycles. The number of ketones is 1. The van der Waals surface area contributed by atoms with Gasteiger partial charge in [0.15, 0.2) is 5.78 Å². The van der Waals surface area contributed by atoms with Crippen LogP contribution in [0, 0.1) is 0 Å². The largest absolute Gasteiger partial charge is 0.497 e. The predicted molar refractivity (Wildman–Crippen MR) is 87.9 cm³/mol. The van der Waals surface area contributed by atoms with Crippen LogP contribution in [0.4, 0.5) is 5.69 Å². The maximum Gasteiger partial charge on any atom is 0.264 e. The van der Waals surface area contributed by atoms with Crippen LogP contribution in [0.1, 0.15) is 16.8 Å². The van der Waals surface area contributed by atoms with Crippen LogP contribution >= 0.6 is 11.6 Å². The second-order valence-electron chi connectivity index (χ2n) is 5.09. The van der Waals surface area contributed by atoms with E-state index in [1.165, 1.54) is 29.6 Å². The Morgan fingerprint density at radius 2 is 1.83 bits per heavy atom. The number of methoxy groups -OCH3 is 1. The summed E-state index contributed by atoms with van der Waals surface area (Å²) in [7, 11) is -2.24. The number of hydrogen-bond acceptors (Lipinski definition) is 4. The van der Waals surface area contributed by atoms with Crippen LogP contribution < -0.4 is 9.04 Å². The van der Waals surface area contributed by atoms with Crippen LogP contribution in [0.3, 0.4) is 0 Å². The lowest BCUT2D eigenvalue weighted by molar-refractivity contribution is 0.0982. The first-order valence-corrected chi connectivity index (χ1v) is 8.75. The number of benzene rings is 2. The molecule has 0 atom stereocenters. The molecular formula is C16H14ClNO4S. The summed E-state index contributed by atoms with van der Waals surface area (Å²) in [4.78, 5) is 12.2. The van der Waals surface area contributed by atoms with Gasteiger partial charge in [0.2, 0.25) is 0 Å². The van der Waals surface area contributed by atoms with Crippen molar-refractivity contribution in [2.75, 3.05) is 18.0 Å². The minimum Gasteiger partial charge on any atom is -0.497 e. The summed E-state index contributed by atoms with van der Waals surface area (Å²) >= 11 is 5.92. The molecule has 7 heteroatoms. The van der Waals surface area contributed by atoms with Crippen LogP contribution in [0.25, 0.3) is 0 Å². The molecule has 1 aliphatic rings. The van der Waals surface area contributed by atoms with Gasteiger partial charge in [0, 0.05) is 23.6 Å². The normalized spacial score (nSPS) is 14.5.